The van der Waals surface area contributed by atoms with Gasteiger partial charge in [-0.1, -0.05) is 24.3 Å². The predicted octanol–water partition coefficient (Wildman–Crippen LogP) is 4.71. The van der Waals surface area contributed by atoms with E-state index in [-0.39, 0.29) is 28.0 Å². The SMILES string of the molecule is Cn1c(-c2cccc(C(F)(F)F)c2)nc2c(NC(=O)c3cccc(N4CCOCC4)c3)cccc2c1=O. The summed E-state index contributed by atoms with van der Waals surface area (Å²) >= 11 is 0. The number of nitrogens with one attached hydrogen (secondary N) is 1. The summed E-state index contributed by atoms with van der Waals surface area (Å²) in [5.74, 6) is -0.342. The summed E-state index contributed by atoms with van der Waals surface area (Å²) in [7, 11) is 1.45. The third kappa shape index (κ3) is 4.92. The number of fused-ring (bicyclic) bond motifs is 1. The zero-order chi connectivity index (χ0) is 26.2. The van der Waals surface area contributed by atoms with Gasteiger partial charge in [0, 0.05) is 37.0 Å². The lowest BCUT2D eigenvalue weighted by molar-refractivity contribution is -0.137. The minimum Gasteiger partial charge on any atom is -0.378 e. The predicted molar refractivity (Wildman–Crippen MR) is 135 cm³/mol. The first-order valence-electron chi connectivity index (χ1n) is 11.6. The van der Waals surface area contributed by atoms with E-state index in [2.05, 4.69) is 15.2 Å². The number of aromatic nitrogens is 2. The van der Waals surface area contributed by atoms with Crippen LogP contribution in [0.2, 0.25) is 0 Å². The molecule has 0 bridgehead atoms. The van der Waals surface area contributed by atoms with Crippen LogP contribution in [-0.4, -0.2) is 41.8 Å². The highest BCUT2D eigenvalue weighted by atomic mass is 19.4. The Hall–Kier alpha value is -4.18. The molecule has 0 saturated carbocycles. The number of rotatable bonds is 4. The first-order chi connectivity index (χ1) is 17.7. The Morgan fingerprint density at radius 3 is 2.49 bits per heavy atom. The van der Waals surface area contributed by atoms with E-state index in [1.807, 2.05) is 6.07 Å². The van der Waals surface area contributed by atoms with E-state index in [1.165, 1.54) is 23.7 Å². The highest BCUT2D eigenvalue weighted by Gasteiger charge is 2.31. The van der Waals surface area contributed by atoms with Crippen LogP contribution in [0.25, 0.3) is 22.3 Å². The molecule has 0 atom stereocenters. The van der Waals surface area contributed by atoms with Crippen molar-refractivity contribution in [3.05, 3.63) is 88.2 Å². The molecule has 1 amide bonds. The van der Waals surface area contributed by atoms with Crippen molar-refractivity contribution in [3.8, 4) is 11.4 Å². The van der Waals surface area contributed by atoms with Crippen LogP contribution in [0.3, 0.4) is 0 Å². The Bertz CT molecular complexity index is 1540. The molecule has 1 aliphatic heterocycles. The van der Waals surface area contributed by atoms with Gasteiger partial charge in [-0.2, -0.15) is 13.2 Å². The Kier molecular flexibility index (Phi) is 6.43. The minimum atomic E-state index is -4.54. The molecule has 190 valence electrons. The van der Waals surface area contributed by atoms with Gasteiger partial charge in [0.25, 0.3) is 11.5 Å². The maximum absolute atomic E-state index is 13.3. The summed E-state index contributed by atoms with van der Waals surface area (Å²) < 4.78 is 46.5. The quantitative estimate of drug-likeness (QED) is 0.432. The lowest BCUT2D eigenvalue weighted by atomic mass is 10.1. The Morgan fingerprint density at radius 1 is 1.00 bits per heavy atom. The summed E-state index contributed by atoms with van der Waals surface area (Å²) in [5, 5.41) is 3.05. The smallest absolute Gasteiger partial charge is 0.378 e. The van der Waals surface area contributed by atoms with Crippen molar-refractivity contribution in [3.63, 3.8) is 0 Å². The number of halogens is 3. The monoisotopic (exact) mass is 508 g/mol. The van der Waals surface area contributed by atoms with Crippen molar-refractivity contribution in [2.75, 3.05) is 36.5 Å². The average molecular weight is 509 g/mol. The number of amides is 1. The molecular formula is C27H23F3N4O3. The van der Waals surface area contributed by atoms with Gasteiger partial charge in [-0.05, 0) is 42.5 Å². The zero-order valence-corrected chi connectivity index (χ0v) is 19.9. The molecule has 1 aromatic heterocycles. The fraction of sp³-hybridized carbons (Fsp3) is 0.222. The van der Waals surface area contributed by atoms with E-state index in [0.29, 0.717) is 18.8 Å². The number of hydrogen-bond acceptors (Lipinski definition) is 5. The second-order valence-corrected chi connectivity index (χ2v) is 8.68. The van der Waals surface area contributed by atoms with E-state index in [0.717, 1.165) is 30.9 Å². The van der Waals surface area contributed by atoms with Crippen LogP contribution in [0, 0.1) is 0 Å². The maximum Gasteiger partial charge on any atom is 0.416 e. The Morgan fingerprint density at radius 2 is 1.73 bits per heavy atom. The molecule has 2 heterocycles. The van der Waals surface area contributed by atoms with E-state index >= 15 is 0 Å². The largest absolute Gasteiger partial charge is 0.416 e. The molecular weight excluding hydrogens is 485 g/mol. The number of alkyl halides is 3. The zero-order valence-electron chi connectivity index (χ0n) is 19.9. The second-order valence-electron chi connectivity index (χ2n) is 8.68. The van der Waals surface area contributed by atoms with Gasteiger partial charge in [-0.3, -0.25) is 14.2 Å². The summed E-state index contributed by atoms with van der Waals surface area (Å²) in [5.41, 5.74) is 0.635. The first kappa shape index (κ1) is 24.5. The van der Waals surface area contributed by atoms with Gasteiger partial charge < -0.3 is 15.0 Å². The molecule has 0 radical (unpaired) electrons. The number of carbonyl (C=O) groups is 1. The van der Waals surface area contributed by atoms with Crippen LogP contribution < -0.4 is 15.8 Å². The lowest BCUT2D eigenvalue weighted by Gasteiger charge is -2.29. The number of benzene rings is 3. The van der Waals surface area contributed by atoms with Crippen LogP contribution in [-0.2, 0) is 18.0 Å². The number of hydrogen-bond donors (Lipinski definition) is 1. The maximum atomic E-state index is 13.3. The highest BCUT2D eigenvalue weighted by molar-refractivity contribution is 6.08. The summed E-state index contributed by atoms with van der Waals surface area (Å²) in [6.45, 7) is 2.67. The highest BCUT2D eigenvalue weighted by Crippen LogP contribution is 2.32. The van der Waals surface area contributed by atoms with Crippen molar-refractivity contribution >= 4 is 28.2 Å². The lowest BCUT2D eigenvalue weighted by Crippen LogP contribution is -2.36. The summed E-state index contributed by atoms with van der Waals surface area (Å²) in [6, 6.07) is 16.6. The molecule has 0 unspecified atom stereocenters. The molecule has 10 heteroatoms. The van der Waals surface area contributed by atoms with Crippen molar-refractivity contribution < 1.29 is 22.7 Å². The fourth-order valence-electron chi connectivity index (χ4n) is 4.35. The number of anilines is 2. The topological polar surface area (TPSA) is 76.5 Å². The molecule has 5 rings (SSSR count). The van der Waals surface area contributed by atoms with Crippen LogP contribution in [0.4, 0.5) is 24.5 Å². The van der Waals surface area contributed by atoms with Crippen LogP contribution in [0.1, 0.15) is 15.9 Å². The summed E-state index contributed by atoms with van der Waals surface area (Å²) in [6.07, 6.45) is -4.54. The van der Waals surface area contributed by atoms with Crippen molar-refractivity contribution in [1.82, 2.24) is 9.55 Å². The molecule has 1 saturated heterocycles. The van der Waals surface area contributed by atoms with E-state index in [1.54, 1.807) is 36.4 Å². The molecule has 1 fully saturated rings. The van der Waals surface area contributed by atoms with Gasteiger partial charge in [0.1, 0.15) is 11.3 Å². The van der Waals surface area contributed by atoms with Gasteiger partial charge in [0.2, 0.25) is 0 Å². The summed E-state index contributed by atoms with van der Waals surface area (Å²) in [4.78, 5) is 32.9. The number of nitrogens with zero attached hydrogens (tertiary/aromatic N) is 3. The van der Waals surface area contributed by atoms with Gasteiger partial charge in [0.05, 0.1) is 29.9 Å². The molecule has 4 aromatic rings. The molecule has 1 N–H and O–H groups in total. The molecule has 1 aliphatic rings. The molecule has 37 heavy (non-hydrogen) atoms. The van der Waals surface area contributed by atoms with Crippen molar-refractivity contribution in [2.45, 2.75) is 6.18 Å². The molecule has 0 spiro atoms. The van der Waals surface area contributed by atoms with Gasteiger partial charge in [-0.25, -0.2) is 4.98 Å². The minimum absolute atomic E-state index is 0.0552. The van der Waals surface area contributed by atoms with E-state index < -0.39 is 23.2 Å². The molecule has 0 aliphatic carbocycles. The van der Waals surface area contributed by atoms with Crippen LogP contribution in [0.5, 0.6) is 0 Å². The number of para-hydroxylation sites is 1. The number of carbonyl (C=O) groups excluding carboxylic acids is 1. The van der Waals surface area contributed by atoms with Gasteiger partial charge >= 0.3 is 6.18 Å². The number of ether oxygens (including phenoxy) is 1. The first-order valence-corrected chi connectivity index (χ1v) is 11.6. The van der Waals surface area contributed by atoms with E-state index in [4.69, 9.17) is 4.74 Å². The average Bonchev–Trinajstić information content (AvgIpc) is 2.91. The Balaban J connectivity index is 1.53. The molecule has 3 aromatic carbocycles. The van der Waals surface area contributed by atoms with Crippen molar-refractivity contribution in [1.29, 1.82) is 0 Å². The fourth-order valence-corrected chi connectivity index (χ4v) is 4.35. The molecule has 7 nitrogen and oxygen atoms in total. The number of morpholine rings is 1. The van der Waals surface area contributed by atoms with E-state index in [9.17, 15) is 22.8 Å². The third-order valence-electron chi connectivity index (χ3n) is 6.29. The standard InChI is InChI=1S/C27H23F3N4O3/c1-33-24(17-5-2-7-19(15-17)27(28,29)30)32-23-21(26(33)36)9-4-10-22(23)31-25(35)18-6-3-8-20(16-18)34-11-13-37-14-12-34/h2-10,15-16H,11-14H2,1H3,(H,31,35). The van der Waals surface area contributed by atoms with Crippen LogP contribution in [0.15, 0.2) is 71.5 Å². The second kappa shape index (κ2) is 9.70. The van der Waals surface area contributed by atoms with Gasteiger partial charge in [0.15, 0.2) is 0 Å². The van der Waals surface area contributed by atoms with Crippen LogP contribution >= 0.6 is 0 Å². The normalized spacial score (nSPS) is 14.1. The van der Waals surface area contributed by atoms with Crippen molar-refractivity contribution in [2.24, 2.45) is 7.05 Å². The third-order valence-corrected chi connectivity index (χ3v) is 6.29. The Labute approximate surface area is 210 Å². The van der Waals surface area contributed by atoms with Gasteiger partial charge in [-0.15, -0.1) is 0 Å².